The minimum atomic E-state index is -0.627. The van der Waals surface area contributed by atoms with Crippen LogP contribution in [0.1, 0.15) is 52.5 Å². The Labute approximate surface area is 163 Å². The zero-order chi connectivity index (χ0) is 19.4. The number of benzene rings is 1. The van der Waals surface area contributed by atoms with E-state index < -0.39 is 12.1 Å². The first-order valence-electron chi connectivity index (χ1n) is 9.30. The highest BCUT2D eigenvalue weighted by Gasteiger charge is 2.28. The van der Waals surface area contributed by atoms with Crippen LogP contribution in [0.4, 0.5) is 5.00 Å². The molecule has 0 saturated carbocycles. The van der Waals surface area contributed by atoms with Crippen molar-refractivity contribution in [2.45, 2.75) is 52.1 Å². The molecule has 6 heteroatoms. The molecule has 2 aromatic rings. The predicted molar refractivity (Wildman–Crippen MR) is 107 cm³/mol. The quantitative estimate of drug-likeness (QED) is 0.740. The molecule has 1 aliphatic rings. The molecular formula is C21H25NO4S. The molecular weight excluding hydrogens is 362 g/mol. The summed E-state index contributed by atoms with van der Waals surface area (Å²) in [6, 6.07) is 7.61. The number of methoxy groups -OCH3 is 1. The molecule has 0 radical (unpaired) electrons. The highest BCUT2D eigenvalue weighted by molar-refractivity contribution is 7.17. The predicted octanol–water partition coefficient (Wildman–Crippen LogP) is 4.52. The Morgan fingerprint density at radius 1 is 1.19 bits per heavy atom. The van der Waals surface area contributed by atoms with Crippen molar-refractivity contribution in [3.63, 3.8) is 0 Å². The van der Waals surface area contributed by atoms with Crippen LogP contribution in [-0.4, -0.2) is 25.1 Å². The van der Waals surface area contributed by atoms with Crippen molar-refractivity contribution in [3.05, 3.63) is 45.8 Å². The Kier molecular flexibility index (Phi) is 6.16. The van der Waals surface area contributed by atoms with E-state index in [2.05, 4.69) is 5.32 Å². The highest BCUT2D eigenvalue weighted by Crippen LogP contribution is 2.38. The summed E-state index contributed by atoms with van der Waals surface area (Å²) >= 11 is 1.48. The van der Waals surface area contributed by atoms with Crippen molar-refractivity contribution in [3.8, 4) is 5.75 Å². The van der Waals surface area contributed by atoms with Crippen LogP contribution in [0.15, 0.2) is 24.3 Å². The summed E-state index contributed by atoms with van der Waals surface area (Å²) in [5.74, 6) is 0.0142. The van der Waals surface area contributed by atoms with Gasteiger partial charge >= 0.3 is 5.97 Å². The van der Waals surface area contributed by atoms with Gasteiger partial charge in [-0.1, -0.05) is 24.6 Å². The van der Waals surface area contributed by atoms with Crippen molar-refractivity contribution < 1.29 is 19.1 Å². The number of carbonyl (C=O) groups excluding carboxylic acids is 2. The van der Waals surface area contributed by atoms with E-state index >= 15 is 0 Å². The molecule has 0 fully saturated rings. The van der Waals surface area contributed by atoms with Gasteiger partial charge in [0.15, 0.2) is 6.10 Å². The van der Waals surface area contributed by atoms with Gasteiger partial charge < -0.3 is 14.8 Å². The minimum Gasteiger partial charge on any atom is -0.481 e. The van der Waals surface area contributed by atoms with E-state index in [1.54, 1.807) is 0 Å². The first-order chi connectivity index (χ1) is 13.0. The monoisotopic (exact) mass is 387 g/mol. The van der Waals surface area contributed by atoms with Gasteiger partial charge in [-0.15, -0.1) is 11.3 Å². The first kappa shape index (κ1) is 19.4. The number of thiophene rings is 1. The number of aryl methyl sites for hydroxylation is 2. The summed E-state index contributed by atoms with van der Waals surface area (Å²) in [6.45, 7) is 3.90. The summed E-state index contributed by atoms with van der Waals surface area (Å²) in [4.78, 5) is 26.3. The Hall–Kier alpha value is -2.34. The Morgan fingerprint density at radius 2 is 1.89 bits per heavy atom. The molecule has 1 amide bonds. The van der Waals surface area contributed by atoms with Gasteiger partial charge in [0.1, 0.15) is 10.8 Å². The van der Waals surface area contributed by atoms with Gasteiger partial charge in [0, 0.05) is 4.88 Å². The lowest BCUT2D eigenvalue weighted by atomic mass is 9.95. The number of ether oxygens (including phenoxy) is 2. The molecule has 0 spiro atoms. The molecule has 144 valence electrons. The van der Waals surface area contributed by atoms with Gasteiger partial charge in [0.05, 0.1) is 12.7 Å². The fourth-order valence-corrected chi connectivity index (χ4v) is 4.55. The fourth-order valence-electron chi connectivity index (χ4n) is 3.27. The smallest absolute Gasteiger partial charge is 0.341 e. The van der Waals surface area contributed by atoms with Gasteiger partial charge in [-0.05, 0) is 56.7 Å². The van der Waals surface area contributed by atoms with Crippen molar-refractivity contribution in [1.29, 1.82) is 0 Å². The lowest BCUT2D eigenvalue weighted by Crippen LogP contribution is -2.32. The zero-order valence-corrected chi connectivity index (χ0v) is 16.8. The standard InChI is InChI=1S/C21H25NO4S/c1-4-16(26-14-11-9-13(2)10-12-14)19(23)22-20-18(21(24)25-3)15-7-5-6-8-17(15)27-20/h9-12,16H,4-8H2,1-3H3,(H,22,23)/t16-/m0/s1. The third kappa shape index (κ3) is 4.33. The van der Waals surface area contributed by atoms with Crippen LogP contribution < -0.4 is 10.1 Å². The second-order valence-electron chi connectivity index (χ2n) is 6.72. The number of nitrogens with one attached hydrogen (secondary N) is 1. The summed E-state index contributed by atoms with van der Waals surface area (Å²) in [5, 5.41) is 3.49. The van der Waals surface area contributed by atoms with Crippen molar-refractivity contribution in [1.82, 2.24) is 0 Å². The maximum atomic E-state index is 12.8. The second kappa shape index (κ2) is 8.57. The Bertz CT molecular complexity index is 825. The lowest BCUT2D eigenvalue weighted by molar-refractivity contribution is -0.122. The topological polar surface area (TPSA) is 64.6 Å². The lowest BCUT2D eigenvalue weighted by Gasteiger charge is -2.17. The number of amides is 1. The average Bonchev–Trinajstić information content (AvgIpc) is 3.04. The molecule has 27 heavy (non-hydrogen) atoms. The van der Waals surface area contributed by atoms with E-state index in [0.717, 1.165) is 36.8 Å². The summed E-state index contributed by atoms with van der Waals surface area (Å²) in [5.41, 5.74) is 2.67. The molecule has 1 atom stereocenters. The van der Waals surface area contributed by atoms with Crippen molar-refractivity contribution in [2.75, 3.05) is 12.4 Å². The van der Waals surface area contributed by atoms with E-state index in [1.807, 2.05) is 38.1 Å². The minimum absolute atomic E-state index is 0.248. The normalized spacial score (nSPS) is 14.2. The van der Waals surface area contributed by atoms with Crippen LogP contribution in [-0.2, 0) is 22.4 Å². The largest absolute Gasteiger partial charge is 0.481 e. The molecule has 0 bridgehead atoms. The van der Waals surface area contributed by atoms with Crippen molar-refractivity contribution >= 4 is 28.2 Å². The van der Waals surface area contributed by atoms with Crippen LogP contribution in [0.2, 0.25) is 0 Å². The maximum absolute atomic E-state index is 12.8. The molecule has 0 aliphatic heterocycles. The number of rotatable bonds is 6. The molecule has 1 aliphatic carbocycles. The Balaban J connectivity index is 1.80. The Morgan fingerprint density at radius 3 is 2.56 bits per heavy atom. The molecule has 1 heterocycles. The molecule has 5 nitrogen and oxygen atoms in total. The first-order valence-corrected chi connectivity index (χ1v) is 10.1. The van der Waals surface area contributed by atoms with Crippen LogP contribution in [0.5, 0.6) is 5.75 Å². The van der Waals surface area contributed by atoms with Crippen LogP contribution in [0.3, 0.4) is 0 Å². The van der Waals surface area contributed by atoms with Crippen LogP contribution >= 0.6 is 11.3 Å². The number of carbonyl (C=O) groups is 2. The molecule has 3 rings (SSSR count). The maximum Gasteiger partial charge on any atom is 0.341 e. The molecule has 1 aromatic carbocycles. The SMILES string of the molecule is CC[C@H](Oc1ccc(C)cc1)C(=O)Nc1sc2c(c1C(=O)OC)CCCC2. The summed E-state index contributed by atoms with van der Waals surface area (Å²) in [6.07, 6.45) is 3.85. The average molecular weight is 388 g/mol. The van der Waals surface area contributed by atoms with E-state index in [0.29, 0.717) is 22.7 Å². The van der Waals surface area contributed by atoms with Gasteiger partial charge in [-0.3, -0.25) is 4.79 Å². The number of fused-ring (bicyclic) bond motifs is 1. The summed E-state index contributed by atoms with van der Waals surface area (Å²) in [7, 11) is 1.37. The van der Waals surface area contributed by atoms with Gasteiger partial charge in [0.2, 0.25) is 0 Å². The van der Waals surface area contributed by atoms with Gasteiger partial charge in [-0.25, -0.2) is 4.79 Å². The van der Waals surface area contributed by atoms with Crippen LogP contribution in [0, 0.1) is 6.92 Å². The number of hydrogen-bond donors (Lipinski definition) is 1. The number of anilines is 1. The molecule has 1 N–H and O–H groups in total. The molecule has 1 aromatic heterocycles. The molecule has 0 saturated heterocycles. The second-order valence-corrected chi connectivity index (χ2v) is 7.83. The third-order valence-corrected chi connectivity index (χ3v) is 5.97. The van der Waals surface area contributed by atoms with Crippen molar-refractivity contribution in [2.24, 2.45) is 0 Å². The zero-order valence-electron chi connectivity index (χ0n) is 16.0. The number of hydrogen-bond acceptors (Lipinski definition) is 5. The van der Waals surface area contributed by atoms with E-state index in [-0.39, 0.29) is 5.91 Å². The van der Waals surface area contributed by atoms with E-state index in [1.165, 1.54) is 23.3 Å². The highest BCUT2D eigenvalue weighted by atomic mass is 32.1. The third-order valence-electron chi connectivity index (χ3n) is 4.76. The van der Waals surface area contributed by atoms with E-state index in [9.17, 15) is 9.59 Å². The fraction of sp³-hybridized carbons (Fsp3) is 0.429. The van der Waals surface area contributed by atoms with Crippen LogP contribution in [0.25, 0.3) is 0 Å². The van der Waals surface area contributed by atoms with E-state index in [4.69, 9.17) is 9.47 Å². The molecule has 0 unspecified atom stereocenters. The summed E-state index contributed by atoms with van der Waals surface area (Å²) < 4.78 is 10.8. The van der Waals surface area contributed by atoms with Gasteiger partial charge in [0.25, 0.3) is 5.91 Å². The van der Waals surface area contributed by atoms with Gasteiger partial charge in [-0.2, -0.15) is 0 Å². The number of esters is 1.